The van der Waals surface area contributed by atoms with E-state index in [0.29, 0.717) is 5.69 Å². The van der Waals surface area contributed by atoms with Gasteiger partial charge in [-0.25, -0.2) is 5.01 Å². The van der Waals surface area contributed by atoms with E-state index in [1.54, 1.807) is 0 Å². The van der Waals surface area contributed by atoms with Gasteiger partial charge in [0.25, 0.3) is 17.5 Å². The van der Waals surface area contributed by atoms with E-state index in [0.717, 1.165) is 5.01 Å². The molecular weight excluding hydrogens is 228 g/mol. The SMILES string of the molecule is N[C@H]1C(=O)NN(c2ccc([N+](=O)[O-])cc2)C1=O. The summed E-state index contributed by atoms with van der Waals surface area (Å²) in [6.07, 6.45) is 0. The summed E-state index contributed by atoms with van der Waals surface area (Å²) in [5.41, 5.74) is 7.80. The predicted octanol–water partition coefficient (Wildman–Crippen LogP) is -0.700. The van der Waals surface area contributed by atoms with Crippen LogP contribution in [0.15, 0.2) is 24.3 Å². The second kappa shape index (κ2) is 3.83. The van der Waals surface area contributed by atoms with Gasteiger partial charge in [-0.3, -0.25) is 25.1 Å². The van der Waals surface area contributed by atoms with E-state index in [9.17, 15) is 19.7 Å². The summed E-state index contributed by atoms with van der Waals surface area (Å²) in [6.45, 7) is 0. The number of hydrazine groups is 1. The summed E-state index contributed by atoms with van der Waals surface area (Å²) >= 11 is 0. The van der Waals surface area contributed by atoms with Gasteiger partial charge in [-0.1, -0.05) is 0 Å². The summed E-state index contributed by atoms with van der Waals surface area (Å²) in [5.74, 6) is -1.20. The molecule has 3 N–H and O–H groups in total. The fraction of sp³-hybridized carbons (Fsp3) is 0.111. The standard InChI is InChI=1S/C9H8N4O4/c10-7-8(14)11-12(9(7)15)5-1-3-6(4-2-5)13(16)17/h1-4,7H,10H2,(H,11,14)/t7-/m0/s1. The summed E-state index contributed by atoms with van der Waals surface area (Å²) in [4.78, 5) is 32.5. The average Bonchev–Trinajstić information content (AvgIpc) is 2.57. The summed E-state index contributed by atoms with van der Waals surface area (Å²) < 4.78 is 0. The molecule has 1 atom stereocenters. The van der Waals surface area contributed by atoms with Crippen LogP contribution in [0.4, 0.5) is 11.4 Å². The Morgan fingerprint density at radius 2 is 1.88 bits per heavy atom. The van der Waals surface area contributed by atoms with Crippen LogP contribution in [0.5, 0.6) is 0 Å². The van der Waals surface area contributed by atoms with Gasteiger partial charge in [-0.15, -0.1) is 0 Å². The summed E-state index contributed by atoms with van der Waals surface area (Å²) in [5, 5.41) is 11.4. The number of amides is 2. The molecule has 0 aliphatic carbocycles. The second-order valence-corrected chi connectivity index (χ2v) is 3.40. The monoisotopic (exact) mass is 236 g/mol. The first kappa shape index (κ1) is 11.0. The maximum atomic E-state index is 11.5. The van der Waals surface area contributed by atoms with Crippen molar-refractivity contribution in [1.29, 1.82) is 0 Å². The zero-order chi connectivity index (χ0) is 12.6. The molecule has 8 nitrogen and oxygen atoms in total. The molecule has 0 spiro atoms. The third kappa shape index (κ3) is 1.81. The largest absolute Gasteiger partial charge is 0.312 e. The van der Waals surface area contributed by atoms with E-state index < -0.39 is 22.8 Å². The van der Waals surface area contributed by atoms with Crippen LogP contribution in [0.3, 0.4) is 0 Å². The number of non-ortho nitro benzene ring substituents is 1. The number of hydrogen-bond donors (Lipinski definition) is 2. The summed E-state index contributed by atoms with van der Waals surface area (Å²) in [6, 6.07) is 3.95. The average molecular weight is 236 g/mol. The minimum Gasteiger partial charge on any atom is -0.312 e. The molecule has 1 aromatic carbocycles. The molecule has 1 aliphatic heterocycles. The second-order valence-electron chi connectivity index (χ2n) is 3.40. The summed E-state index contributed by atoms with van der Waals surface area (Å²) in [7, 11) is 0. The van der Waals surface area contributed by atoms with Crippen LogP contribution in [-0.4, -0.2) is 22.8 Å². The Balaban J connectivity index is 2.27. The van der Waals surface area contributed by atoms with Gasteiger partial charge in [0.05, 0.1) is 10.6 Å². The van der Waals surface area contributed by atoms with Gasteiger partial charge < -0.3 is 5.73 Å². The van der Waals surface area contributed by atoms with Crippen LogP contribution in [0, 0.1) is 10.1 Å². The van der Waals surface area contributed by atoms with Crippen molar-refractivity contribution in [2.45, 2.75) is 6.04 Å². The molecule has 1 saturated heterocycles. The molecule has 0 bridgehead atoms. The number of nitrogens with zero attached hydrogens (tertiary/aromatic N) is 2. The number of anilines is 1. The fourth-order valence-electron chi connectivity index (χ4n) is 1.40. The van der Waals surface area contributed by atoms with Crippen LogP contribution >= 0.6 is 0 Å². The Labute approximate surface area is 95.1 Å². The fourth-order valence-corrected chi connectivity index (χ4v) is 1.40. The number of nitrogens with one attached hydrogen (secondary N) is 1. The number of nitrogens with two attached hydrogens (primary N) is 1. The third-order valence-electron chi connectivity index (χ3n) is 2.31. The Morgan fingerprint density at radius 3 is 2.29 bits per heavy atom. The number of nitro groups is 1. The lowest BCUT2D eigenvalue weighted by atomic mass is 10.2. The zero-order valence-corrected chi connectivity index (χ0v) is 8.49. The molecule has 2 rings (SSSR count). The number of nitro benzene ring substituents is 1. The molecule has 17 heavy (non-hydrogen) atoms. The van der Waals surface area contributed by atoms with Gasteiger partial charge in [0.15, 0.2) is 6.04 Å². The first-order chi connectivity index (χ1) is 8.00. The van der Waals surface area contributed by atoms with Crippen molar-refractivity contribution < 1.29 is 14.5 Å². The topological polar surface area (TPSA) is 119 Å². The normalized spacial score (nSPS) is 19.4. The van der Waals surface area contributed by atoms with Crippen molar-refractivity contribution in [2.75, 3.05) is 5.01 Å². The highest BCUT2D eigenvalue weighted by atomic mass is 16.6. The molecule has 0 saturated carbocycles. The highest BCUT2D eigenvalue weighted by Crippen LogP contribution is 2.20. The lowest BCUT2D eigenvalue weighted by Gasteiger charge is -2.14. The van der Waals surface area contributed by atoms with E-state index in [4.69, 9.17) is 5.73 Å². The molecule has 0 aromatic heterocycles. The number of benzene rings is 1. The molecule has 88 valence electrons. The van der Waals surface area contributed by atoms with Crippen molar-refractivity contribution in [1.82, 2.24) is 5.43 Å². The van der Waals surface area contributed by atoms with Gasteiger partial charge >= 0.3 is 0 Å². The Morgan fingerprint density at radius 1 is 1.29 bits per heavy atom. The van der Waals surface area contributed by atoms with Gasteiger partial charge in [-0.2, -0.15) is 0 Å². The van der Waals surface area contributed by atoms with Crippen molar-refractivity contribution in [3.8, 4) is 0 Å². The van der Waals surface area contributed by atoms with Crippen LogP contribution < -0.4 is 16.2 Å². The Hall–Kier alpha value is -2.48. The van der Waals surface area contributed by atoms with E-state index >= 15 is 0 Å². The minimum atomic E-state index is -1.23. The van der Waals surface area contributed by atoms with Crippen LogP contribution in [-0.2, 0) is 9.59 Å². The van der Waals surface area contributed by atoms with Gasteiger partial charge in [0.2, 0.25) is 0 Å². The first-order valence-corrected chi connectivity index (χ1v) is 4.65. The molecule has 1 aromatic rings. The van der Waals surface area contributed by atoms with E-state index in [2.05, 4.69) is 5.43 Å². The molecule has 1 heterocycles. The number of carbonyl (C=O) groups excluding carboxylic acids is 2. The molecule has 0 radical (unpaired) electrons. The van der Waals surface area contributed by atoms with Crippen LogP contribution in [0.1, 0.15) is 0 Å². The molecule has 2 amide bonds. The van der Waals surface area contributed by atoms with Crippen LogP contribution in [0.25, 0.3) is 0 Å². The van der Waals surface area contributed by atoms with Gasteiger partial charge in [-0.05, 0) is 12.1 Å². The molecular formula is C9H8N4O4. The highest BCUT2D eigenvalue weighted by molar-refractivity contribution is 6.17. The smallest absolute Gasteiger partial charge is 0.272 e. The number of carbonyl (C=O) groups is 2. The zero-order valence-electron chi connectivity index (χ0n) is 8.49. The minimum absolute atomic E-state index is 0.101. The molecule has 8 heteroatoms. The number of rotatable bonds is 2. The molecule has 0 unspecified atom stereocenters. The van der Waals surface area contributed by atoms with Crippen molar-refractivity contribution in [3.05, 3.63) is 34.4 Å². The van der Waals surface area contributed by atoms with E-state index in [1.165, 1.54) is 24.3 Å². The van der Waals surface area contributed by atoms with E-state index in [-0.39, 0.29) is 5.69 Å². The lowest BCUT2D eigenvalue weighted by Crippen LogP contribution is -2.36. The Kier molecular flexibility index (Phi) is 2.48. The molecule has 1 fully saturated rings. The molecule has 1 aliphatic rings. The first-order valence-electron chi connectivity index (χ1n) is 4.65. The maximum Gasteiger partial charge on any atom is 0.272 e. The van der Waals surface area contributed by atoms with Crippen molar-refractivity contribution >= 4 is 23.2 Å². The van der Waals surface area contributed by atoms with E-state index in [1.807, 2.05) is 0 Å². The number of hydrogen-bond acceptors (Lipinski definition) is 5. The maximum absolute atomic E-state index is 11.5. The van der Waals surface area contributed by atoms with Gasteiger partial charge in [0.1, 0.15) is 0 Å². The quantitative estimate of drug-likeness (QED) is 0.400. The predicted molar refractivity (Wildman–Crippen MR) is 56.7 cm³/mol. The lowest BCUT2D eigenvalue weighted by molar-refractivity contribution is -0.384. The van der Waals surface area contributed by atoms with Crippen molar-refractivity contribution in [3.63, 3.8) is 0 Å². The highest BCUT2D eigenvalue weighted by Gasteiger charge is 2.37. The van der Waals surface area contributed by atoms with Gasteiger partial charge in [0, 0.05) is 12.1 Å². The Bertz CT molecular complexity index is 498. The van der Waals surface area contributed by atoms with Crippen molar-refractivity contribution in [2.24, 2.45) is 5.73 Å². The van der Waals surface area contributed by atoms with Crippen LogP contribution in [0.2, 0.25) is 0 Å². The third-order valence-corrected chi connectivity index (χ3v) is 2.31.